The van der Waals surface area contributed by atoms with Crippen LogP contribution in [-0.2, 0) is 4.74 Å². The molecule has 0 amide bonds. The van der Waals surface area contributed by atoms with Gasteiger partial charge in [-0.2, -0.15) is 0 Å². The Labute approximate surface area is 109 Å². The van der Waals surface area contributed by atoms with Crippen molar-refractivity contribution in [1.82, 2.24) is 5.32 Å². The van der Waals surface area contributed by atoms with Gasteiger partial charge in [0.15, 0.2) is 0 Å². The molecule has 1 atom stereocenters. The Morgan fingerprint density at radius 2 is 2.00 bits per heavy atom. The van der Waals surface area contributed by atoms with Crippen molar-refractivity contribution in [3.63, 3.8) is 0 Å². The van der Waals surface area contributed by atoms with Gasteiger partial charge in [-0.3, -0.25) is 0 Å². The van der Waals surface area contributed by atoms with E-state index in [1.165, 1.54) is 10.5 Å². The zero-order valence-corrected chi connectivity index (χ0v) is 11.8. The van der Waals surface area contributed by atoms with Crippen molar-refractivity contribution >= 4 is 11.8 Å². The Kier molecular flexibility index (Phi) is 7.33. The van der Waals surface area contributed by atoms with Gasteiger partial charge >= 0.3 is 0 Å². The Bertz CT molecular complexity index is 296. The topological polar surface area (TPSA) is 21.3 Å². The highest BCUT2D eigenvalue weighted by Crippen LogP contribution is 2.22. The second-order valence-electron chi connectivity index (χ2n) is 4.01. The molecule has 1 aromatic rings. The van der Waals surface area contributed by atoms with E-state index in [9.17, 15) is 0 Å². The Morgan fingerprint density at radius 3 is 2.53 bits per heavy atom. The molecule has 3 heteroatoms. The number of hydrogen-bond donors (Lipinski definition) is 1. The van der Waals surface area contributed by atoms with E-state index < -0.39 is 0 Å². The highest BCUT2D eigenvalue weighted by Gasteiger charge is 2.05. The molecule has 0 aromatic heterocycles. The lowest BCUT2D eigenvalue weighted by Gasteiger charge is -2.14. The summed E-state index contributed by atoms with van der Waals surface area (Å²) in [4.78, 5) is 1.34. The van der Waals surface area contributed by atoms with Crippen LogP contribution in [0.25, 0.3) is 0 Å². The van der Waals surface area contributed by atoms with Gasteiger partial charge in [0.1, 0.15) is 0 Å². The molecule has 1 aromatic carbocycles. The molecule has 0 heterocycles. The number of hydrogen-bond acceptors (Lipinski definition) is 3. The maximum atomic E-state index is 5.04. The fourth-order valence-corrected chi connectivity index (χ4v) is 2.62. The van der Waals surface area contributed by atoms with E-state index in [4.69, 9.17) is 4.74 Å². The van der Waals surface area contributed by atoms with Crippen LogP contribution in [0.2, 0.25) is 0 Å². The largest absolute Gasteiger partial charge is 0.385 e. The average molecular weight is 253 g/mol. The van der Waals surface area contributed by atoms with Gasteiger partial charge in [0, 0.05) is 30.4 Å². The molecule has 0 bridgehead atoms. The van der Waals surface area contributed by atoms with Gasteiger partial charge < -0.3 is 10.1 Å². The Morgan fingerprint density at radius 1 is 1.29 bits per heavy atom. The van der Waals surface area contributed by atoms with E-state index in [2.05, 4.69) is 36.5 Å². The molecule has 1 unspecified atom stereocenters. The van der Waals surface area contributed by atoms with E-state index >= 15 is 0 Å². The first-order chi connectivity index (χ1) is 8.31. The summed E-state index contributed by atoms with van der Waals surface area (Å²) >= 11 is 1.90. The zero-order valence-electron chi connectivity index (χ0n) is 11.0. The summed E-state index contributed by atoms with van der Waals surface area (Å²) in [5.41, 5.74) is 1.37. The van der Waals surface area contributed by atoms with Crippen LogP contribution < -0.4 is 5.32 Å². The lowest BCUT2D eigenvalue weighted by atomic mass is 10.1. The predicted molar refractivity (Wildman–Crippen MR) is 75.8 cm³/mol. The summed E-state index contributed by atoms with van der Waals surface area (Å²) in [5, 5.41) is 3.32. The van der Waals surface area contributed by atoms with Crippen LogP contribution in [0.1, 0.15) is 31.4 Å². The van der Waals surface area contributed by atoms with Gasteiger partial charge in [-0.05, 0) is 37.6 Å². The zero-order chi connectivity index (χ0) is 12.5. The van der Waals surface area contributed by atoms with Gasteiger partial charge in [-0.1, -0.05) is 19.1 Å². The lowest BCUT2D eigenvalue weighted by Crippen LogP contribution is -2.14. The maximum Gasteiger partial charge on any atom is 0.0470 e. The van der Waals surface area contributed by atoms with Crippen molar-refractivity contribution < 1.29 is 4.74 Å². The number of rotatable bonds is 8. The number of methoxy groups -OCH3 is 1. The number of benzene rings is 1. The minimum atomic E-state index is 0.475. The molecular weight excluding hydrogens is 230 g/mol. The van der Waals surface area contributed by atoms with E-state index in [1.807, 2.05) is 18.8 Å². The average Bonchev–Trinajstić information content (AvgIpc) is 2.38. The van der Waals surface area contributed by atoms with E-state index in [1.54, 1.807) is 7.11 Å². The van der Waals surface area contributed by atoms with Crippen LogP contribution in [0.15, 0.2) is 29.2 Å². The minimum absolute atomic E-state index is 0.475. The third-order valence-corrected chi connectivity index (χ3v) is 3.90. The van der Waals surface area contributed by atoms with Crippen LogP contribution in [0, 0.1) is 0 Å². The maximum absolute atomic E-state index is 5.04. The summed E-state index contributed by atoms with van der Waals surface area (Å²) in [6.45, 7) is 3.05. The third kappa shape index (κ3) is 5.11. The van der Waals surface area contributed by atoms with Crippen LogP contribution in [0.4, 0.5) is 0 Å². The molecular formula is C14H23NOS. The second-order valence-corrected chi connectivity index (χ2v) is 5.18. The molecule has 0 aliphatic carbocycles. The van der Waals surface area contributed by atoms with Gasteiger partial charge in [0.25, 0.3) is 0 Å². The first kappa shape index (κ1) is 14.6. The highest BCUT2D eigenvalue weighted by molar-refractivity contribution is 7.99. The van der Waals surface area contributed by atoms with Crippen molar-refractivity contribution in [3.05, 3.63) is 29.8 Å². The molecule has 0 saturated heterocycles. The molecule has 17 heavy (non-hydrogen) atoms. The number of nitrogens with one attached hydrogen (secondary N) is 1. The SMILES string of the molecule is CCC(NC)c1ccc(SCCCOC)cc1. The van der Waals surface area contributed by atoms with E-state index in [-0.39, 0.29) is 0 Å². The molecule has 0 saturated carbocycles. The molecule has 1 rings (SSSR count). The fraction of sp³-hybridized carbons (Fsp3) is 0.571. The predicted octanol–water partition coefficient (Wildman–Crippen LogP) is 3.49. The number of ether oxygens (including phenoxy) is 1. The first-order valence-corrected chi connectivity index (χ1v) is 7.19. The van der Waals surface area contributed by atoms with Gasteiger partial charge in [-0.25, -0.2) is 0 Å². The summed E-state index contributed by atoms with van der Waals surface area (Å²) < 4.78 is 5.04. The first-order valence-electron chi connectivity index (χ1n) is 6.20. The molecule has 0 radical (unpaired) electrons. The van der Waals surface area contributed by atoms with Gasteiger partial charge in [0.05, 0.1) is 0 Å². The van der Waals surface area contributed by atoms with Crippen LogP contribution >= 0.6 is 11.8 Å². The summed E-state index contributed by atoms with van der Waals surface area (Å²) in [6.07, 6.45) is 2.23. The molecule has 0 aliphatic rings. The van der Waals surface area contributed by atoms with Crippen molar-refractivity contribution in [2.24, 2.45) is 0 Å². The van der Waals surface area contributed by atoms with E-state index in [0.717, 1.165) is 25.2 Å². The molecule has 0 fully saturated rings. The monoisotopic (exact) mass is 253 g/mol. The van der Waals surface area contributed by atoms with Crippen molar-refractivity contribution in [1.29, 1.82) is 0 Å². The normalized spacial score (nSPS) is 12.6. The Balaban J connectivity index is 2.44. The van der Waals surface area contributed by atoms with Crippen molar-refractivity contribution in [2.75, 3.05) is 26.5 Å². The van der Waals surface area contributed by atoms with Gasteiger partial charge in [-0.15, -0.1) is 11.8 Å². The molecule has 1 N–H and O–H groups in total. The smallest absolute Gasteiger partial charge is 0.0470 e. The van der Waals surface area contributed by atoms with Crippen molar-refractivity contribution in [2.45, 2.75) is 30.7 Å². The molecule has 0 aliphatic heterocycles. The summed E-state index contributed by atoms with van der Waals surface area (Å²) in [5.74, 6) is 1.12. The molecule has 0 spiro atoms. The summed E-state index contributed by atoms with van der Waals surface area (Å²) in [7, 11) is 3.77. The molecule has 96 valence electrons. The number of thioether (sulfide) groups is 1. The highest BCUT2D eigenvalue weighted by atomic mass is 32.2. The second kappa shape index (κ2) is 8.56. The third-order valence-electron chi connectivity index (χ3n) is 2.80. The fourth-order valence-electron chi connectivity index (χ4n) is 1.80. The Hall–Kier alpha value is -0.510. The summed E-state index contributed by atoms with van der Waals surface area (Å²) in [6, 6.07) is 9.36. The van der Waals surface area contributed by atoms with Crippen LogP contribution in [-0.4, -0.2) is 26.5 Å². The quantitative estimate of drug-likeness (QED) is 0.566. The van der Waals surface area contributed by atoms with Crippen LogP contribution in [0.5, 0.6) is 0 Å². The lowest BCUT2D eigenvalue weighted by molar-refractivity contribution is 0.200. The van der Waals surface area contributed by atoms with E-state index in [0.29, 0.717) is 6.04 Å². The molecule has 2 nitrogen and oxygen atoms in total. The van der Waals surface area contributed by atoms with Gasteiger partial charge in [0.2, 0.25) is 0 Å². The standard InChI is InChI=1S/C14H23NOS/c1-4-14(15-2)12-6-8-13(9-7-12)17-11-5-10-16-3/h6-9,14-15H,4-5,10-11H2,1-3H3. The van der Waals surface area contributed by atoms with Crippen LogP contribution in [0.3, 0.4) is 0 Å². The van der Waals surface area contributed by atoms with Crippen molar-refractivity contribution in [3.8, 4) is 0 Å². The minimum Gasteiger partial charge on any atom is -0.385 e.